The standard InChI is InChI=1S/C14H7ClF2N2O/c15-13-12-8(3-5-18-13)4-6-19-14(12)20-9-1-2-10(16)11(17)7-9/h1-7H. The summed E-state index contributed by atoms with van der Waals surface area (Å²) in [6.45, 7) is 0. The average molecular weight is 293 g/mol. The summed E-state index contributed by atoms with van der Waals surface area (Å²) >= 11 is 6.02. The van der Waals surface area contributed by atoms with Gasteiger partial charge in [-0.25, -0.2) is 18.7 Å². The van der Waals surface area contributed by atoms with Crippen molar-refractivity contribution in [3.05, 3.63) is 59.5 Å². The second-order valence-corrected chi connectivity index (χ2v) is 4.35. The first-order chi connectivity index (χ1) is 9.65. The molecule has 3 nitrogen and oxygen atoms in total. The maximum atomic E-state index is 13.2. The van der Waals surface area contributed by atoms with Gasteiger partial charge in [0.15, 0.2) is 11.6 Å². The molecule has 100 valence electrons. The quantitative estimate of drug-likeness (QED) is 0.659. The molecule has 3 aromatic rings. The Balaban J connectivity index is 2.08. The van der Waals surface area contributed by atoms with Crippen LogP contribution in [0.3, 0.4) is 0 Å². The smallest absolute Gasteiger partial charge is 0.230 e. The van der Waals surface area contributed by atoms with E-state index in [9.17, 15) is 8.78 Å². The second-order valence-electron chi connectivity index (χ2n) is 3.99. The zero-order valence-corrected chi connectivity index (χ0v) is 10.7. The largest absolute Gasteiger partial charge is 0.438 e. The summed E-state index contributed by atoms with van der Waals surface area (Å²) in [5.74, 6) is -1.62. The second kappa shape index (κ2) is 5.02. The van der Waals surface area contributed by atoms with Crippen LogP contribution in [0.5, 0.6) is 11.6 Å². The number of aromatic nitrogens is 2. The fourth-order valence-electron chi connectivity index (χ4n) is 1.78. The number of pyridine rings is 2. The summed E-state index contributed by atoms with van der Waals surface area (Å²) in [4.78, 5) is 8.00. The van der Waals surface area contributed by atoms with Gasteiger partial charge in [-0.2, -0.15) is 0 Å². The Morgan fingerprint density at radius 1 is 0.950 bits per heavy atom. The van der Waals surface area contributed by atoms with E-state index in [0.717, 1.165) is 17.5 Å². The third kappa shape index (κ3) is 2.28. The van der Waals surface area contributed by atoms with Gasteiger partial charge in [-0.05, 0) is 29.7 Å². The highest BCUT2D eigenvalue weighted by Crippen LogP contribution is 2.32. The van der Waals surface area contributed by atoms with Crippen molar-refractivity contribution in [3.8, 4) is 11.6 Å². The van der Waals surface area contributed by atoms with E-state index in [2.05, 4.69) is 9.97 Å². The third-order valence-electron chi connectivity index (χ3n) is 2.70. The predicted octanol–water partition coefficient (Wildman–Crippen LogP) is 4.35. The fraction of sp³-hybridized carbons (Fsp3) is 0. The molecule has 0 aliphatic rings. The van der Waals surface area contributed by atoms with Gasteiger partial charge < -0.3 is 4.74 Å². The molecule has 2 heterocycles. The average Bonchev–Trinajstić information content (AvgIpc) is 2.43. The van der Waals surface area contributed by atoms with E-state index in [-0.39, 0.29) is 16.8 Å². The lowest BCUT2D eigenvalue weighted by atomic mass is 10.2. The number of nitrogens with zero attached hydrogens (tertiary/aromatic N) is 2. The molecule has 0 radical (unpaired) electrons. The van der Waals surface area contributed by atoms with E-state index in [0.29, 0.717) is 5.39 Å². The molecule has 20 heavy (non-hydrogen) atoms. The van der Waals surface area contributed by atoms with Crippen LogP contribution in [0.2, 0.25) is 5.15 Å². The molecule has 2 aromatic heterocycles. The van der Waals surface area contributed by atoms with Crippen LogP contribution in [-0.2, 0) is 0 Å². The monoisotopic (exact) mass is 292 g/mol. The lowest BCUT2D eigenvalue weighted by Crippen LogP contribution is -1.92. The normalized spacial score (nSPS) is 10.8. The minimum absolute atomic E-state index is 0.129. The van der Waals surface area contributed by atoms with Gasteiger partial charge in [0, 0.05) is 18.5 Å². The van der Waals surface area contributed by atoms with E-state index in [1.807, 2.05) is 0 Å². The lowest BCUT2D eigenvalue weighted by Gasteiger charge is -2.08. The minimum Gasteiger partial charge on any atom is -0.438 e. The molecule has 0 N–H and O–H groups in total. The topological polar surface area (TPSA) is 35.0 Å². The molecule has 0 amide bonds. The predicted molar refractivity (Wildman–Crippen MR) is 71.0 cm³/mol. The SMILES string of the molecule is Fc1ccc(Oc2nccc3ccnc(Cl)c23)cc1F. The molecular formula is C14H7ClF2N2O. The number of ether oxygens (including phenoxy) is 1. The molecule has 0 saturated carbocycles. The van der Waals surface area contributed by atoms with Crippen LogP contribution < -0.4 is 4.74 Å². The molecule has 0 saturated heterocycles. The Morgan fingerprint density at radius 2 is 1.70 bits per heavy atom. The van der Waals surface area contributed by atoms with Crippen molar-refractivity contribution in [2.45, 2.75) is 0 Å². The number of halogens is 3. The Hall–Kier alpha value is -2.27. The summed E-state index contributed by atoms with van der Waals surface area (Å²) in [5.41, 5.74) is 0. The van der Waals surface area contributed by atoms with Crippen LogP contribution in [0.15, 0.2) is 42.7 Å². The summed E-state index contributed by atoms with van der Waals surface area (Å²) in [7, 11) is 0. The Bertz CT molecular complexity index is 790. The summed E-state index contributed by atoms with van der Waals surface area (Å²) in [6.07, 6.45) is 3.10. The molecule has 1 aromatic carbocycles. The molecule has 0 bridgehead atoms. The van der Waals surface area contributed by atoms with Gasteiger partial charge in [0.25, 0.3) is 0 Å². The van der Waals surface area contributed by atoms with Crippen molar-refractivity contribution in [1.82, 2.24) is 9.97 Å². The summed E-state index contributed by atoms with van der Waals surface area (Å²) in [6, 6.07) is 6.74. The maximum absolute atomic E-state index is 13.2. The van der Waals surface area contributed by atoms with Crippen molar-refractivity contribution in [2.75, 3.05) is 0 Å². The van der Waals surface area contributed by atoms with Crippen molar-refractivity contribution in [1.29, 1.82) is 0 Å². The Morgan fingerprint density at radius 3 is 2.45 bits per heavy atom. The Labute approximate surface area is 117 Å². The van der Waals surface area contributed by atoms with Gasteiger partial charge in [-0.15, -0.1) is 0 Å². The maximum Gasteiger partial charge on any atom is 0.230 e. The molecule has 6 heteroatoms. The zero-order chi connectivity index (χ0) is 14.1. The minimum atomic E-state index is -0.994. The van der Waals surface area contributed by atoms with E-state index < -0.39 is 11.6 Å². The van der Waals surface area contributed by atoms with Crippen LogP contribution in [0.4, 0.5) is 8.78 Å². The van der Waals surface area contributed by atoms with E-state index in [4.69, 9.17) is 16.3 Å². The van der Waals surface area contributed by atoms with Gasteiger partial charge in [0.2, 0.25) is 5.88 Å². The molecule has 0 fully saturated rings. The highest BCUT2D eigenvalue weighted by molar-refractivity contribution is 6.34. The first-order valence-corrected chi connectivity index (χ1v) is 6.05. The number of benzene rings is 1. The van der Waals surface area contributed by atoms with Crippen LogP contribution in [0.25, 0.3) is 10.8 Å². The fourth-order valence-corrected chi connectivity index (χ4v) is 2.03. The molecule has 0 unspecified atom stereocenters. The zero-order valence-electron chi connectivity index (χ0n) is 9.98. The molecule has 0 aliphatic heterocycles. The van der Waals surface area contributed by atoms with Crippen molar-refractivity contribution in [3.63, 3.8) is 0 Å². The van der Waals surface area contributed by atoms with E-state index in [1.165, 1.54) is 12.3 Å². The first-order valence-electron chi connectivity index (χ1n) is 5.67. The van der Waals surface area contributed by atoms with Crippen LogP contribution >= 0.6 is 11.6 Å². The molecular weight excluding hydrogens is 286 g/mol. The van der Waals surface area contributed by atoms with E-state index in [1.54, 1.807) is 18.3 Å². The van der Waals surface area contributed by atoms with Gasteiger partial charge in [-0.1, -0.05) is 11.6 Å². The third-order valence-corrected chi connectivity index (χ3v) is 2.99. The van der Waals surface area contributed by atoms with Crippen LogP contribution in [0, 0.1) is 11.6 Å². The molecule has 0 atom stereocenters. The Kier molecular flexibility index (Phi) is 3.20. The highest BCUT2D eigenvalue weighted by atomic mass is 35.5. The van der Waals surface area contributed by atoms with Crippen molar-refractivity contribution >= 4 is 22.4 Å². The lowest BCUT2D eigenvalue weighted by molar-refractivity contribution is 0.452. The van der Waals surface area contributed by atoms with Crippen molar-refractivity contribution in [2.24, 2.45) is 0 Å². The van der Waals surface area contributed by atoms with Crippen molar-refractivity contribution < 1.29 is 13.5 Å². The van der Waals surface area contributed by atoms with Gasteiger partial charge in [0.1, 0.15) is 10.9 Å². The van der Waals surface area contributed by atoms with Gasteiger partial charge in [0.05, 0.1) is 5.39 Å². The number of hydrogen-bond acceptors (Lipinski definition) is 3. The number of rotatable bonds is 2. The highest BCUT2D eigenvalue weighted by Gasteiger charge is 2.11. The molecule has 3 rings (SSSR count). The van der Waals surface area contributed by atoms with Gasteiger partial charge >= 0.3 is 0 Å². The molecule has 0 spiro atoms. The number of hydrogen-bond donors (Lipinski definition) is 0. The summed E-state index contributed by atoms with van der Waals surface area (Å²) in [5, 5.41) is 1.53. The first kappa shape index (κ1) is 12.7. The summed E-state index contributed by atoms with van der Waals surface area (Å²) < 4.78 is 31.5. The van der Waals surface area contributed by atoms with Crippen LogP contribution in [-0.4, -0.2) is 9.97 Å². The molecule has 0 aliphatic carbocycles. The van der Waals surface area contributed by atoms with Crippen LogP contribution in [0.1, 0.15) is 0 Å². The van der Waals surface area contributed by atoms with E-state index >= 15 is 0 Å². The number of fused-ring (bicyclic) bond motifs is 1. The van der Waals surface area contributed by atoms with Gasteiger partial charge in [-0.3, -0.25) is 0 Å².